The Labute approximate surface area is 141 Å². The largest absolute Gasteiger partial charge is 0.0840 e. The first kappa shape index (κ1) is 18.8. The van der Waals surface area contributed by atoms with Crippen LogP contribution in [0.15, 0.2) is 12.1 Å². The summed E-state index contributed by atoms with van der Waals surface area (Å²) in [5, 5.41) is 1.77. The number of rotatable bonds is 10. The number of benzene rings is 1. The lowest BCUT2D eigenvalue weighted by Crippen LogP contribution is -2.03. The molecule has 0 amide bonds. The molecule has 0 aliphatic rings. The van der Waals surface area contributed by atoms with Crippen molar-refractivity contribution in [2.45, 2.75) is 84.5 Å². The van der Waals surface area contributed by atoms with E-state index in [0.717, 1.165) is 28.5 Å². The minimum atomic E-state index is 0.593. The van der Waals surface area contributed by atoms with E-state index < -0.39 is 0 Å². The molecule has 21 heavy (non-hydrogen) atoms. The molecule has 0 spiro atoms. The van der Waals surface area contributed by atoms with Crippen molar-refractivity contribution in [1.82, 2.24) is 0 Å². The summed E-state index contributed by atoms with van der Waals surface area (Å²) in [6, 6.07) is 4.22. The molecule has 0 bridgehead atoms. The molecule has 0 radical (unpaired) electrons. The van der Waals surface area contributed by atoms with Crippen LogP contribution >= 0.6 is 23.2 Å². The third kappa shape index (κ3) is 5.83. The maximum absolute atomic E-state index is 6.72. The van der Waals surface area contributed by atoms with E-state index in [0.29, 0.717) is 5.92 Å². The van der Waals surface area contributed by atoms with Gasteiger partial charge in [-0.1, -0.05) is 82.1 Å². The fraction of sp³-hybridized carbons (Fsp3) is 0.684. The molecule has 1 aromatic carbocycles. The fourth-order valence-corrected chi connectivity index (χ4v) is 3.58. The lowest BCUT2D eigenvalue weighted by molar-refractivity contribution is 0.524. The van der Waals surface area contributed by atoms with Gasteiger partial charge in [0.1, 0.15) is 0 Å². The van der Waals surface area contributed by atoms with Gasteiger partial charge in [0, 0.05) is 10.0 Å². The molecule has 0 heterocycles. The molecule has 120 valence electrons. The number of hydrogen-bond acceptors (Lipinski definition) is 0. The van der Waals surface area contributed by atoms with Crippen LogP contribution in [-0.2, 0) is 6.42 Å². The van der Waals surface area contributed by atoms with E-state index in [1.54, 1.807) is 0 Å². The monoisotopic (exact) mass is 328 g/mol. The summed E-state index contributed by atoms with van der Waals surface area (Å²) < 4.78 is 0. The van der Waals surface area contributed by atoms with Crippen LogP contribution < -0.4 is 0 Å². The van der Waals surface area contributed by atoms with E-state index in [2.05, 4.69) is 32.9 Å². The fourth-order valence-electron chi connectivity index (χ4n) is 2.87. The van der Waals surface area contributed by atoms with Gasteiger partial charge in [-0.15, -0.1) is 0 Å². The maximum atomic E-state index is 6.72. The molecule has 0 N–H and O–H groups in total. The Bertz CT molecular complexity index is 404. The van der Waals surface area contributed by atoms with Crippen LogP contribution in [0.4, 0.5) is 0 Å². The average molecular weight is 329 g/mol. The van der Waals surface area contributed by atoms with Crippen molar-refractivity contribution in [3.8, 4) is 0 Å². The molecular formula is C19H30Cl2. The van der Waals surface area contributed by atoms with Gasteiger partial charge in [0.25, 0.3) is 0 Å². The third-order valence-corrected chi connectivity index (χ3v) is 5.05. The normalized spacial score (nSPS) is 11.3. The molecule has 0 fully saturated rings. The summed E-state index contributed by atoms with van der Waals surface area (Å²) in [7, 11) is 0. The topological polar surface area (TPSA) is 0 Å². The lowest BCUT2D eigenvalue weighted by atomic mass is 9.87. The van der Waals surface area contributed by atoms with E-state index in [4.69, 9.17) is 23.2 Å². The first-order chi connectivity index (χ1) is 10.2. The van der Waals surface area contributed by atoms with Crippen LogP contribution in [0, 0.1) is 0 Å². The first-order valence-corrected chi connectivity index (χ1v) is 9.37. The van der Waals surface area contributed by atoms with Gasteiger partial charge in [-0.3, -0.25) is 0 Å². The van der Waals surface area contributed by atoms with Gasteiger partial charge in [0.15, 0.2) is 0 Å². The highest BCUT2D eigenvalue weighted by molar-refractivity contribution is 6.36. The molecular weight excluding hydrogens is 299 g/mol. The second-order valence-electron chi connectivity index (χ2n) is 6.01. The van der Waals surface area contributed by atoms with Crippen molar-refractivity contribution in [2.24, 2.45) is 0 Å². The predicted molar refractivity (Wildman–Crippen MR) is 96.9 cm³/mol. The van der Waals surface area contributed by atoms with Gasteiger partial charge in [-0.25, -0.2) is 0 Å². The molecule has 2 heteroatoms. The summed E-state index contributed by atoms with van der Waals surface area (Å²) in [4.78, 5) is 0. The smallest absolute Gasteiger partial charge is 0.0487 e. The van der Waals surface area contributed by atoms with Gasteiger partial charge < -0.3 is 0 Å². The summed E-state index contributed by atoms with van der Waals surface area (Å²) in [5.74, 6) is 0.593. The van der Waals surface area contributed by atoms with Crippen molar-refractivity contribution in [3.63, 3.8) is 0 Å². The van der Waals surface area contributed by atoms with E-state index >= 15 is 0 Å². The van der Waals surface area contributed by atoms with E-state index in [-0.39, 0.29) is 0 Å². The zero-order valence-corrected chi connectivity index (χ0v) is 15.4. The highest BCUT2D eigenvalue weighted by Crippen LogP contribution is 2.37. The summed E-state index contributed by atoms with van der Waals surface area (Å²) in [6.07, 6.45) is 10.8. The van der Waals surface area contributed by atoms with Crippen LogP contribution in [0.2, 0.25) is 10.0 Å². The molecule has 1 rings (SSSR count). The van der Waals surface area contributed by atoms with Crippen LogP contribution in [0.25, 0.3) is 0 Å². The van der Waals surface area contributed by atoms with Gasteiger partial charge in [0.2, 0.25) is 0 Å². The highest BCUT2D eigenvalue weighted by Gasteiger charge is 2.18. The van der Waals surface area contributed by atoms with Crippen LogP contribution in [0.5, 0.6) is 0 Å². The highest BCUT2D eigenvalue weighted by atomic mass is 35.5. The second-order valence-corrected chi connectivity index (χ2v) is 6.80. The Kier molecular flexibility index (Phi) is 9.44. The Morgan fingerprint density at radius 2 is 1.43 bits per heavy atom. The average Bonchev–Trinajstić information content (AvgIpc) is 2.48. The van der Waals surface area contributed by atoms with Gasteiger partial charge in [0.05, 0.1) is 0 Å². The standard InChI is InChI=1S/C19H30Cl2/c1-4-7-10-15(11-8-5-2)16-13-14-18(20)17(19(16)21)12-9-6-3/h13-15H,4-12H2,1-3H3. The molecule has 0 saturated carbocycles. The van der Waals surface area contributed by atoms with Gasteiger partial charge >= 0.3 is 0 Å². The molecule has 0 saturated heterocycles. The Morgan fingerprint density at radius 3 is 1.95 bits per heavy atom. The third-order valence-electron chi connectivity index (χ3n) is 4.25. The Morgan fingerprint density at radius 1 is 0.857 bits per heavy atom. The molecule has 1 aromatic rings. The van der Waals surface area contributed by atoms with Crippen molar-refractivity contribution >= 4 is 23.2 Å². The van der Waals surface area contributed by atoms with Crippen molar-refractivity contribution in [3.05, 3.63) is 33.3 Å². The predicted octanol–water partition coefficient (Wildman–Crippen LogP) is 7.80. The Hall–Kier alpha value is -0.200. The van der Waals surface area contributed by atoms with E-state index in [1.807, 2.05) is 0 Å². The summed E-state index contributed by atoms with van der Waals surface area (Å²) >= 11 is 13.1. The quantitative estimate of drug-likeness (QED) is 0.411. The molecule has 0 aliphatic carbocycles. The minimum absolute atomic E-state index is 0.593. The van der Waals surface area contributed by atoms with E-state index in [1.165, 1.54) is 50.5 Å². The molecule has 0 unspecified atom stereocenters. The molecule has 0 atom stereocenters. The van der Waals surface area contributed by atoms with Crippen LogP contribution in [0.3, 0.4) is 0 Å². The second kappa shape index (κ2) is 10.5. The molecule has 0 nitrogen and oxygen atoms in total. The van der Waals surface area contributed by atoms with Gasteiger partial charge in [-0.2, -0.15) is 0 Å². The van der Waals surface area contributed by atoms with Gasteiger partial charge in [-0.05, 0) is 48.8 Å². The number of halogens is 2. The molecule has 0 aliphatic heterocycles. The number of hydrogen-bond donors (Lipinski definition) is 0. The SMILES string of the molecule is CCCCc1c(Cl)ccc(C(CCCC)CCCC)c1Cl. The van der Waals surface area contributed by atoms with Crippen LogP contribution in [0.1, 0.15) is 89.2 Å². The zero-order chi connectivity index (χ0) is 15.7. The van der Waals surface area contributed by atoms with Crippen LogP contribution in [-0.4, -0.2) is 0 Å². The van der Waals surface area contributed by atoms with Crippen molar-refractivity contribution < 1.29 is 0 Å². The minimum Gasteiger partial charge on any atom is -0.0840 e. The maximum Gasteiger partial charge on any atom is 0.0487 e. The summed E-state index contributed by atoms with van der Waals surface area (Å²) in [5.41, 5.74) is 2.49. The zero-order valence-electron chi connectivity index (χ0n) is 13.9. The molecule has 0 aromatic heterocycles. The number of unbranched alkanes of at least 4 members (excludes halogenated alkanes) is 3. The van der Waals surface area contributed by atoms with E-state index in [9.17, 15) is 0 Å². The first-order valence-electron chi connectivity index (χ1n) is 8.62. The van der Waals surface area contributed by atoms with Crippen molar-refractivity contribution in [2.75, 3.05) is 0 Å². The Balaban J connectivity index is 3.00. The lowest BCUT2D eigenvalue weighted by Gasteiger charge is -2.21. The summed E-state index contributed by atoms with van der Waals surface area (Å²) in [6.45, 7) is 6.72. The van der Waals surface area contributed by atoms with Crippen molar-refractivity contribution in [1.29, 1.82) is 0 Å².